The highest BCUT2D eigenvalue weighted by Crippen LogP contribution is 2.35. The molecule has 0 aromatic heterocycles. The van der Waals surface area contributed by atoms with Crippen LogP contribution in [0.1, 0.15) is 31.4 Å². The Morgan fingerprint density at radius 2 is 2.26 bits per heavy atom. The summed E-state index contributed by atoms with van der Waals surface area (Å²) in [5.41, 5.74) is 1.22. The van der Waals surface area contributed by atoms with Crippen molar-refractivity contribution in [2.45, 2.75) is 25.8 Å². The minimum Gasteiger partial charge on any atom is -0.491 e. The summed E-state index contributed by atoms with van der Waals surface area (Å²) < 4.78 is 16.7. The summed E-state index contributed by atoms with van der Waals surface area (Å²) in [7, 11) is 0. The molecule has 1 N–H and O–H groups in total. The van der Waals surface area contributed by atoms with E-state index in [1.54, 1.807) is 0 Å². The third-order valence-electron chi connectivity index (χ3n) is 3.58. The number of benzene rings is 1. The highest BCUT2D eigenvalue weighted by Gasteiger charge is 2.24. The molecule has 0 bridgehead atoms. The summed E-state index contributed by atoms with van der Waals surface area (Å²) in [6.45, 7) is 4.90. The summed E-state index contributed by atoms with van der Waals surface area (Å²) in [5.74, 6) is 2.50. The fourth-order valence-corrected chi connectivity index (χ4v) is 2.30. The zero-order valence-electron chi connectivity index (χ0n) is 11.4. The Kier molecular flexibility index (Phi) is 3.89. The molecule has 1 aromatic carbocycles. The summed E-state index contributed by atoms with van der Waals surface area (Å²) in [6.07, 6.45) is 2.61. The monoisotopic (exact) mass is 263 g/mol. The number of ether oxygens (including phenoxy) is 3. The van der Waals surface area contributed by atoms with Gasteiger partial charge < -0.3 is 19.5 Å². The molecule has 4 nitrogen and oxygen atoms in total. The Bertz CT molecular complexity index is 431. The molecule has 0 saturated heterocycles. The summed E-state index contributed by atoms with van der Waals surface area (Å²) in [5, 5.41) is 3.40. The molecule has 1 heterocycles. The molecule has 1 saturated carbocycles. The molecule has 19 heavy (non-hydrogen) atoms. The van der Waals surface area contributed by atoms with Gasteiger partial charge in [-0.3, -0.25) is 0 Å². The molecule has 104 valence electrons. The van der Waals surface area contributed by atoms with E-state index < -0.39 is 0 Å². The molecule has 0 spiro atoms. The highest BCUT2D eigenvalue weighted by atomic mass is 16.7. The number of nitrogens with one attached hydrogen (secondary N) is 1. The van der Waals surface area contributed by atoms with Crippen molar-refractivity contribution in [3.8, 4) is 11.5 Å². The largest absolute Gasteiger partial charge is 0.491 e. The van der Waals surface area contributed by atoms with Crippen molar-refractivity contribution in [3.05, 3.63) is 23.8 Å². The van der Waals surface area contributed by atoms with Crippen LogP contribution in [-0.4, -0.2) is 26.6 Å². The van der Waals surface area contributed by atoms with Crippen molar-refractivity contribution in [3.63, 3.8) is 0 Å². The van der Waals surface area contributed by atoms with E-state index in [0.29, 0.717) is 19.4 Å². The van der Waals surface area contributed by atoms with E-state index in [-0.39, 0.29) is 0 Å². The standard InChI is InChI=1S/C15H21NO3/c1-2-16-14-9-18-15-7-12(5-6-13(14)15)19-10-17-8-11-3-4-11/h5-7,11,14,16H,2-4,8-10H2,1H3. The zero-order valence-corrected chi connectivity index (χ0v) is 11.4. The molecule has 1 aliphatic carbocycles. The van der Waals surface area contributed by atoms with Crippen molar-refractivity contribution in [2.75, 3.05) is 26.6 Å². The first-order chi connectivity index (χ1) is 9.36. The van der Waals surface area contributed by atoms with Crippen LogP contribution in [0.2, 0.25) is 0 Å². The van der Waals surface area contributed by atoms with Crippen molar-refractivity contribution < 1.29 is 14.2 Å². The van der Waals surface area contributed by atoms with Gasteiger partial charge in [0.05, 0.1) is 12.6 Å². The van der Waals surface area contributed by atoms with Crippen molar-refractivity contribution in [1.82, 2.24) is 5.32 Å². The topological polar surface area (TPSA) is 39.7 Å². The second kappa shape index (κ2) is 5.80. The van der Waals surface area contributed by atoms with Gasteiger partial charge in [0.25, 0.3) is 0 Å². The lowest BCUT2D eigenvalue weighted by atomic mass is 10.1. The van der Waals surface area contributed by atoms with E-state index in [9.17, 15) is 0 Å². The Morgan fingerprint density at radius 1 is 1.37 bits per heavy atom. The third-order valence-corrected chi connectivity index (χ3v) is 3.58. The van der Waals surface area contributed by atoms with E-state index >= 15 is 0 Å². The summed E-state index contributed by atoms with van der Waals surface area (Å²) in [4.78, 5) is 0. The first-order valence-corrected chi connectivity index (χ1v) is 7.07. The molecular formula is C15H21NO3. The van der Waals surface area contributed by atoms with E-state index in [2.05, 4.69) is 18.3 Å². The number of fused-ring (bicyclic) bond motifs is 1. The van der Waals surface area contributed by atoms with Gasteiger partial charge in [-0.15, -0.1) is 0 Å². The van der Waals surface area contributed by atoms with E-state index in [0.717, 1.165) is 30.6 Å². The highest BCUT2D eigenvalue weighted by molar-refractivity contribution is 5.44. The molecular weight excluding hydrogens is 242 g/mol. The molecule has 0 radical (unpaired) electrons. The smallest absolute Gasteiger partial charge is 0.189 e. The first-order valence-electron chi connectivity index (χ1n) is 7.07. The van der Waals surface area contributed by atoms with Crippen molar-refractivity contribution >= 4 is 0 Å². The lowest BCUT2D eigenvalue weighted by Gasteiger charge is -2.10. The zero-order chi connectivity index (χ0) is 13.1. The van der Waals surface area contributed by atoms with E-state index in [4.69, 9.17) is 14.2 Å². The molecule has 3 rings (SSSR count). The number of rotatable bonds is 7. The number of hydrogen-bond donors (Lipinski definition) is 1. The number of likely N-dealkylation sites (N-methyl/N-ethyl adjacent to an activating group) is 1. The van der Waals surface area contributed by atoms with Crippen LogP contribution >= 0.6 is 0 Å². The molecule has 1 aromatic rings. The van der Waals surface area contributed by atoms with Gasteiger partial charge >= 0.3 is 0 Å². The van der Waals surface area contributed by atoms with Crippen LogP contribution in [0.3, 0.4) is 0 Å². The maximum atomic E-state index is 5.68. The molecule has 1 atom stereocenters. The van der Waals surface area contributed by atoms with E-state index in [1.165, 1.54) is 18.4 Å². The van der Waals surface area contributed by atoms with Crippen LogP contribution in [0.25, 0.3) is 0 Å². The average Bonchev–Trinajstić information content (AvgIpc) is 3.17. The lowest BCUT2D eigenvalue weighted by molar-refractivity contribution is 0.00990. The fourth-order valence-electron chi connectivity index (χ4n) is 2.30. The van der Waals surface area contributed by atoms with Crippen LogP contribution in [0.5, 0.6) is 11.5 Å². The molecule has 2 aliphatic rings. The van der Waals surface area contributed by atoms with Gasteiger partial charge in [-0.1, -0.05) is 6.92 Å². The predicted octanol–water partition coefficient (Wildman–Crippen LogP) is 2.49. The SMILES string of the molecule is CCNC1COc2cc(OCOCC3CC3)ccc21. The minimum atomic E-state index is 0.306. The maximum absolute atomic E-state index is 5.68. The first kappa shape index (κ1) is 12.8. The van der Waals surface area contributed by atoms with Crippen molar-refractivity contribution in [1.29, 1.82) is 0 Å². The van der Waals surface area contributed by atoms with Crippen molar-refractivity contribution in [2.24, 2.45) is 5.92 Å². The van der Waals surface area contributed by atoms with Gasteiger partial charge in [-0.05, 0) is 37.4 Å². The van der Waals surface area contributed by atoms with Gasteiger partial charge in [-0.25, -0.2) is 0 Å². The Balaban J connectivity index is 1.52. The molecule has 4 heteroatoms. The second-order valence-corrected chi connectivity index (χ2v) is 5.20. The Labute approximate surface area is 114 Å². The molecule has 1 aliphatic heterocycles. The van der Waals surface area contributed by atoms with Gasteiger partial charge in [-0.2, -0.15) is 0 Å². The average molecular weight is 263 g/mol. The molecule has 1 unspecified atom stereocenters. The maximum Gasteiger partial charge on any atom is 0.189 e. The predicted molar refractivity (Wildman–Crippen MR) is 72.5 cm³/mol. The normalized spacial score (nSPS) is 21.0. The van der Waals surface area contributed by atoms with Crippen LogP contribution in [0.4, 0.5) is 0 Å². The van der Waals surface area contributed by atoms with Gasteiger partial charge in [0, 0.05) is 11.6 Å². The Morgan fingerprint density at radius 3 is 3.05 bits per heavy atom. The third kappa shape index (κ3) is 3.19. The number of hydrogen-bond acceptors (Lipinski definition) is 4. The quantitative estimate of drug-likeness (QED) is 0.606. The van der Waals surface area contributed by atoms with Gasteiger partial charge in [0.15, 0.2) is 6.79 Å². The van der Waals surface area contributed by atoms with Crippen LogP contribution in [0.15, 0.2) is 18.2 Å². The summed E-state index contributed by atoms with van der Waals surface area (Å²) in [6, 6.07) is 6.32. The summed E-state index contributed by atoms with van der Waals surface area (Å²) >= 11 is 0. The van der Waals surface area contributed by atoms with Gasteiger partial charge in [0.1, 0.15) is 18.1 Å². The molecule has 0 amide bonds. The Hall–Kier alpha value is -1.26. The second-order valence-electron chi connectivity index (χ2n) is 5.20. The van der Waals surface area contributed by atoms with Crippen LogP contribution in [-0.2, 0) is 4.74 Å². The molecule has 1 fully saturated rings. The van der Waals surface area contributed by atoms with Crippen LogP contribution < -0.4 is 14.8 Å². The lowest BCUT2D eigenvalue weighted by Crippen LogP contribution is -2.21. The van der Waals surface area contributed by atoms with Crippen LogP contribution in [0, 0.1) is 5.92 Å². The van der Waals surface area contributed by atoms with E-state index in [1.807, 2.05) is 12.1 Å². The minimum absolute atomic E-state index is 0.306. The fraction of sp³-hybridized carbons (Fsp3) is 0.600. The van der Waals surface area contributed by atoms with Gasteiger partial charge in [0.2, 0.25) is 0 Å².